The summed E-state index contributed by atoms with van der Waals surface area (Å²) in [5.74, 6) is 0.308. The molecular weight excluding hydrogens is 162 g/mol. The number of ketones is 1. The molecule has 0 atom stereocenters. The van der Waals surface area contributed by atoms with Gasteiger partial charge in [0.25, 0.3) is 0 Å². The molecule has 0 N–H and O–H groups in total. The van der Waals surface area contributed by atoms with E-state index >= 15 is 0 Å². The Labute approximate surface area is 81.3 Å². The average Bonchev–Trinajstić information content (AvgIpc) is 2.15. The molecule has 0 bridgehead atoms. The highest BCUT2D eigenvalue weighted by Gasteiger charge is 2.17. The monoisotopic (exact) mass is 183 g/mol. The number of nitrogens with zero attached hydrogens (tertiary/aromatic N) is 1. The van der Waals surface area contributed by atoms with Crippen LogP contribution in [-0.2, 0) is 4.79 Å². The third-order valence-electron chi connectivity index (χ3n) is 3.01. The summed E-state index contributed by atoms with van der Waals surface area (Å²) in [6.07, 6.45) is 7.51. The lowest BCUT2D eigenvalue weighted by molar-refractivity contribution is -0.117. The van der Waals surface area contributed by atoms with Crippen LogP contribution < -0.4 is 0 Å². The number of rotatable bonds is 4. The van der Waals surface area contributed by atoms with Crippen molar-refractivity contribution in [1.29, 1.82) is 0 Å². The first-order chi connectivity index (χ1) is 6.20. The van der Waals surface area contributed by atoms with Gasteiger partial charge in [-0.3, -0.25) is 4.79 Å². The summed E-state index contributed by atoms with van der Waals surface area (Å²) in [7, 11) is 2.15. The standard InChI is InChI=1S/C11H21NO/c1-10(13)8-9-12(2)11-6-4-3-5-7-11/h11H,3-9H2,1-2H3. The number of carbonyl (C=O) groups is 1. The molecule has 0 heterocycles. The predicted octanol–water partition coefficient (Wildman–Crippen LogP) is 2.23. The summed E-state index contributed by atoms with van der Waals surface area (Å²) in [6.45, 7) is 2.62. The highest BCUT2D eigenvalue weighted by Crippen LogP contribution is 2.21. The Morgan fingerprint density at radius 3 is 2.46 bits per heavy atom. The Balaban J connectivity index is 2.20. The van der Waals surface area contributed by atoms with Gasteiger partial charge in [-0.1, -0.05) is 19.3 Å². The van der Waals surface area contributed by atoms with Gasteiger partial charge in [-0.25, -0.2) is 0 Å². The van der Waals surface area contributed by atoms with Gasteiger partial charge in [0, 0.05) is 19.0 Å². The van der Waals surface area contributed by atoms with Gasteiger partial charge in [0.1, 0.15) is 5.78 Å². The lowest BCUT2D eigenvalue weighted by atomic mass is 9.94. The number of hydrogen-bond acceptors (Lipinski definition) is 2. The second kappa shape index (κ2) is 5.38. The van der Waals surface area contributed by atoms with Gasteiger partial charge in [0.15, 0.2) is 0 Å². The molecule has 1 rings (SSSR count). The second-order valence-electron chi connectivity index (χ2n) is 4.22. The molecule has 1 saturated carbocycles. The van der Waals surface area contributed by atoms with E-state index in [-0.39, 0.29) is 0 Å². The van der Waals surface area contributed by atoms with E-state index in [1.54, 1.807) is 6.92 Å². The minimum absolute atomic E-state index is 0.308. The van der Waals surface area contributed by atoms with Crippen LogP contribution in [0.2, 0.25) is 0 Å². The zero-order valence-electron chi connectivity index (χ0n) is 8.88. The molecule has 0 aliphatic heterocycles. The molecule has 1 aliphatic rings. The summed E-state index contributed by atoms with van der Waals surface area (Å²) >= 11 is 0. The fourth-order valence-corrected chi connectivity index (χ4v) is 2.04. The highest BCUT2D eigenvalue weighted by molar-refractivity contribution is 5.75. The van der Waals surface area contributed by atoms with Crippen molar-refractivity contribution in [2.75, 3.05) is 13.6 Å². The molecule has 0 saturated heterocycles. The fourth-order valence-electron chi connectivity index (χ4n) is 2.04. The van der Waals surface area contributed by atoms with Crippen molar-refractivity contribution < 1.29 is 4.79 Å². The van der Waals surface area contributed by atoms with Crippen molar-refractivity contribution in [2.24, 2.45) is 0 Å². The zero-order valence-corrected chi connectivity index (χ0v) is 8.88. The molecule has 76 valence electrons. The van der Waals surface area contributed by atoms with Crippen LogP contribution in [0.25, 0.3) is 0 Å². The van der Waals surface area contributed by atoms with Gasteiger partial charge in [-0.15, -0.1) is 0 Å². The molecule has 0 aromatic heterocycles. The van der Waals surface area contributed by atoms with E-state index in [2.05, 4.69) is 11.9 Å². The second-order valence-corrected chi connectivity index (χ2v) is 4.22. The SMILES string of the molecule is CC(=O)CCN(C)C1CCCCC1. The fraction of sp³-hybridized carbons (Fsp3) is 0.909. The Hall–Kier alpha value is -0.370. The third-order valence-corrected chi connectivity index (χ3v) is 3.01. The van der Waals surface area contributed by atoms with Crippen LogP contribution in [-0.4, -0.2) is 30.3 Å². The quantitative estimate of drug-likeness (QED) is 0.666. The van der Waals surface area contributed by atoms with Crippen LogP contribution in [0.1, 0.15) is 45.4 Å². The average molecular weight is 183 g/mol. The summed E-state index contributed by atoms with van der Waals surface area (Å²) < 4.78 is 0. The first kappa shape index (κ1) is 10.7. The summed E-state index contributed by atoms with van der Waals surface area (Å²) in [6, 6.07) is 0.744. The molecule has 0 aromatic rings. The largest absolute Gasteiger partial charge is 0.303 e. The van der Waals surface area contributed by atoms with Gasteiger partial charge >= 0.3 is 0 Å². The maximum atomic E-state index is 10.8. The molecule has 0 radical (unpaired) electrons. The first-order valence-corrected chi connectivity index (χ1v) is 5.40. The Morgan fingerprint density at radius 1 is 1.31 bits per heavy atom. The van der Waals surface area contributed by atoms with E-state index in [0.717, 1.165) is 12.6 Å². The van der Waals surface area contributed by atoms with Crippen LogP contribution in [0.15, 0.2) is 0 Å². The van der Waals surface area contributed by atoms with Gasteiger partial charge in [-0.2, -0.15) is 0 Å². The topological polar surface area (TPSA) is 20.3 Å². The van der Waals surface area contributed by atoms with Crippen LogP contribution in [0.4, 0.5) is 0 Å². The van der Waals surface area contributed by atoms with Crippen molar-refractivity contribution >= 4 is 5.78 Å². The minimum atomic E-state index is 0.308. The van der Waals surface area contributed by atoms with Crippen molar-refractivity contribution in [1.82, 2.24) is 4.90 Å². The van der Waals surface area contributed by atoms with Gasteiger partial charge in [0.05, 0.1) is 0 Å². The van der Waals surface area contributed by atoms with Gasteiger partial charge in [-0.05, 0) is 26.8 Å². The molecule has 1 aliphatic carbocycles. The van der Waals surface area contributed by atoms with Crippen LogP contribution in [0.5, 0.6) is 0 Å². The Bertz CT molecular complexity index is 161. The van der Waals surface area contributed by atoms with Crippen LogP contribution in [0, 0.1) is 0 Å². The van der Waals surface area contributed by atoms with Crippen LogP contribution >= 0.6 is 0 Å². The molecule has 2 heteroatoms. The lowest BCUT2D eigenvalue weighted by Gasteiger charge is -2.30. The maximum Gasteiger partial charge on any atom is 0.131 e. The van der Waals surface area contributed by atoms with Gasteiger partial charge in [0.2, 0.25) is 0 Å². The smallest absolute Gasteiger partial charge is 0.131 e. The molecule has 2 nitrogen and oxygen atoms in total. The number of hydrogen-bond donors (Lipinski definition) is 0. The lowest BCUT2D eigenvalue weighted by Crippen LogP contribution is -2.34. The summed E-state index contributed by atoms with van der Waals surface area (Å²) in [5.41, 5.74) is 0. The van der Waals surface area contributed by atoms with E-state index in [1.807, 2.05) is 0 Å². The van der Waals surface area contributed by atoms with Gasteiger partial charge < -0.3 is 4.90 Å². The van der Waals surface area contributed by atoms with E-state index in [0.29, 0.717) is 12.2 Å². The number of Topliss-reactive ketones (excluding diaryl/α,β-unsaturated/α-hetero) is 1. The van der Waals surface area contributed by atoms with Crippen LogP contribution in [0.3, 0.4) is 0 Å². The summed E-state index contributed by atoms with van der Waals surface area (Å²) in [4.78, 5) is 13.2. The van der Waals surface area contributed by atoms with Crippen molar-refractivity contribution in [3.05, 3.63) is 0 Å². The molecule has 13 heavy (non-hydrogen) atoms. The highest BCUT2D eigenvalue weighted by atomic mass is 16.1. The molecular formula is C11H21NO. The van der Waals surface area contributed by atoms with Crippen molar-refractivity contribution in [3.8, 4) is 0 Å². The summed E-state index contributed by atoms with van der Waals surface area (Å²) in [5, 5.41) is 0. The molecule has 0 amide bonds. The third kappa shape index (κ3) is 3.90. The molecule has 0 aromatic carbocycles. The predicted molar refractivity (Wildman–Crippen MR) is 54.8 cm³/mol. The van der Waals surface area contributed by atoms with E-state index < -0.39 is 0 Å². The number of carbonyl (C=O) groups excluding carboxylic acids is 1. The van der Waals surface area contributed by atoms with E-state index in [1.165, 1.54) is 32.1 Å². The first-order valence-electron chi connectivity index (χ1n) is 5.40. The molecule has 1 fully saturated rings. The zero-order chi connectivity index (χ0) is 9.68. The minimum Gasteiger partial charge on any atom is -0.303 e. The molecule has 0 spiro atoms. The normalized spacial score (nSPS) is 19.3. The maximum absolute atomic E-state index is 10.8. The van der Waals surface area contributed by atoms with Crippen molar-refractivity contribution in [2.45, 2.75) is 51.5 Å². The Kier molecular flexibility index (Phi) is 4.43. The van der Waals surface area contributed by atoms with E-state index in [9.17, 15) is 4.79 Å². The van der Waals surface area contributed by atoms with Crippen molar-refractivity contribution in [3.63, 3.8) is 0 Å². The van der Waals surface area contributed by atoms with E-state index in [4.69, 9.17) is 0 Å². The Morgan fingerprint density at radius 2 is 1.92 bits per heavy atom. The molecule has 0 unspecified atom stereocenters.